The molecule has 0 saturated heterocycles. The standard InChI is InChI=1S/C13H14N2O5/c1-2-19-11-7-9(13(17)18)3-4-10(11)20-8-12(16)15-6-5-14/h3-4,7H,2,6,8H2,1H3,(H,15,16)(H,17,18). The van der Waals surface area contributed by atoms with Gasteiger partial charge in [-0.05, 0) is 25.1 Å². The molecule has 0 aromatic heterocycles. The van der Waals surface area contributed by atoms with Crippen LogP contribution in [0.25, 0.3) is 0 Å². The molecule has 0 aliphatic carbocycles. The number of nitriles is 1. The Morgan fingerprint density at radius 2 is 2.10 bits per heavy atom. The Morgan fingerprint density at radius 1 is 1.35 bits per heavy atom. The van der Waals surface area contributed by atoms with Crippen molar-refractivity contribution in [3.05, 3.63) is 23.8 Å². The number of carboxylic acid groups (broad SMARTS) is 1. The van der Waals surface area contributed by atoms with E-state index in [-0.39, 0.29) is 30.2 Å². The van der Waals surface area contributed by atoms with Gasteiger partial charge in [0.15, 0.2) is 18.1 Å². The van der Waals surface area contributed by atoms with E-state index in [4.69, 9.17) is 19.8 Å². The molecule has 0 spiro atoms. The smallest absolute Gasteiger partial charge is 0.335 e. The highest BCUT2D eigenvalue weighted by molar-refractivity contribution is 5.88. The Bertz CT molecular complexity index is 536. The third-order valence-corrected chi connectivity index (χ3v) is 2.21. The summed E-state index contributed by atoms with van der Waals surface area (Å²) in [4.78, 5) is 22.2. The van der Waals surface area contributed by atoms with Gasteiger partial charge in [-0.3, -0.25) is 4.79 Å². The fourth-order valence-corrected chi connectivity index (χ4v) is 1.36. The molecule has 0 heterocycles. The number of benzene rings is 1. The van der Waals surface area contributed by atoms with Crippen LogP contribution >= 0.6 is 0 Å². The minimum atomic E-state index is -1.08. The first-order chi connectivity index (χ1) is 9.58. The summed E-state index contributed by atoms with van der Waals surface area (Å²) in [5, 5.41) is 19.5. The lowest BCUT2D eigenvalue weighted by molar-refractivity contribution is -0.122. The molecule has 1 amide bonds. The van der Waals surface area contributed by atoms with E-state index >= 15 is 0 Å². The van der Waals surface area contributed by atoms with Gasteiger partial charge in [-0.1, -0.05) is 0 Å². The summed E-state index contributed by atoms with van der Waals surface area (Å²) in [5.41, 5.74) is 0.0646. The number of nitrogens with one attached hydrogen (secondary N) is 1. The SMILES string of the molecule is CCOc1cc(C(=O)O)ccc1OCC(=O)NCC#N. The summed E-state index contributed by atoms with van der Waals surface area (Å²) >= 11 is 0. The average Bonchev–Trinajstić information content (AvgIpc) is 2.43. The molecular formula is C13H14N2O5. The Balaban J connectivity index is 2.76. The van der Waals surface area contributed by atoms with Crippen LogP contribution in [0, 0.1) is 11.3 Å². The van der Waals surface area contributed by atoms with Gasteiger partial charge in [0, 0.05) is 0 Å². The second kappa shape index (κ2) is 7.63. The highest BCUT2D eigenvalue weighted by atomic mass is 16.5. The van der Waals surface area contributed by atoms with Gasteiger partial charge in [0.25, 0.3) is 5.91 Å². The molecule has 7 nitrogen and oxygen atoms in total. The van der Waals surface area contributed by atoms with Gasteiger partial charge in [0.2, 0.25) is 0 Å². The molecule has 0 radical (unpaired) electrons. The van der Waals surface area contributed by atoms with E-state index in [1.165, 1.54) is 18.2 Å². The van der Waals surface area contributed by atoms with Gasteiger partial charge < -0.3 is 19.9 Å². The zero-order valence-corrected chi connectivity index (χ0v) is 10.9. The molecule has 0 atom stereocenters. The molecule has 0 aliphatic heterocycles. The second-order valence-corrected chi connectivity index (χ2v) is 3.62. The summed E-state index contributed by atoms with van der Waals surface area (Å²) in [5.74, 6) is -1.01. The van der Waals surface area contributed by atoms with E-state index < -0.39 is 11.9 Å². The number of carboxylic acids is 1. The Hall–Kier alpha value is -2.75. The van der Waals surface area contributed by atoms with Crippen molar-refractivity contribution in [2.45, 2.75) is 6.92 Å². The maximum atomic E-state index is 11.3. The lowest BCUT2D eigenvalue weighted by Gasteiger charge is -2.12. The number of rotatable bonds is 7. The predicted molar refractivity (Wildman–Crippen MR) is 68.7 cm³/mol. The summed E-state index contributed by atoms with van der Waals surface area (Å²) < 4.78 is 10.5. The largest absolute Gasteiger partial charge is 0.490 e. The van der Waals surface area contributed by atoms with Gasteiger partial charge in [-0.15, -0.1) is 0 Å². The Morgan fingerprint density at radius 3 is 2.70 bits per heavy atom. The molecule has 0 bridgehead atoms. The van der Waals surface area contributed by atoms with Crippen LogP contribution in [0.1, 0.15) is 17.3 Å². The number of hydrogen-bond donors (Lipinski definition) is 2. The van der Waals surface area contributed by atoms with Crippen molar-refractivity contribution >= 4 is 11.9 Å². The molecule has 1 rings (SSSR count). The normalized spacial score (nSPS) is 9.40. The number of hydrogen-bond acceptors (Lipinski definition) is 5. The maximum absolute atomic E-state index is 11.3. The second-order valence-electron chi connectivity index (χ2n) is 3.62. The van der Waals surface area contributed by atoms with Crippen LogP contribution in [0.15, 0.2) is 18.2 Å². The van der Waals surface area contributed by atoms with Gasteiger partial charge in [0.05, 0.1) is 18.2 Å². The third-order valence-electron chi connectivity index (χ3n) is 2.21. The lowest BCUT2D eigenvalue weighted by Crippen LogP contribution is -2.29. The molecule has 1 aromatic carbocycles. The summed E-state index contributed by atoms with van der Waals surface area (Å²) in [6.45, 7) is 1.70. The van der Waals surface area contributed by atoms with Crippen LogP contribution in [-0.2, 0) is 4.79 Å². The quantitative estimate of drug-likeness (QED) is 0.714. The molecule has 0 saturated carbocycles. The van der Waals surface area contributed by atoms with Gasteiger partial charge in [-0.25, -0.2) is 4.79 Å². The predicted octanol–water partition coefficient (Wildman–Crippen LogP) is 0.802. The van der Waals surface area contributed by atoms with Crippen LogP contribution in [-0.4, -0.2) is 36.7 Å². The van der Waals surface area contributed by atoms with Crippen molar-refractivity contribution in [2.24, 2.45) is 0 Å². The van der Waals surface area contributed by atoms with E-state index in [9.17, 15) is 9.59 Å². The highest BCUT2D eigenvalue weighted by Gasteiger charge is 2.11. The minimum Gasteiger partial charge on any atom is -0.490 e. The van der Waals surface area contributed by atoms with Crippen molar-refractivity contribution in [1.29, 1.82) is 5.26 Å². The fourth-order valence-electron chi connectivity index (χ4n) is 1.36. The number of aromatic carboxylic acids is 1. The van der Waals surface area contributed by atoms with E-state index in [2.05, 4.69) is 5.32 Å². The van der Waals surface area contributed by atoms with Crippen molar-refractivity contribution in [2.75, 3.05) is 19.8 Å². The molecule has 0 fully saturated rings. The van der Waals surface area contributed by atoms with Crippen LogP contribution < -0.4 is 14.8 Å². The molecule has 0 unspecified atom stereocenters. The van der Waals surface area contributed by atoms with Crippen LogP contribution in [0.4, 0.5) is 0 Å². The number of carbonyl (C=O) groups excluding carboxylic acids is 1. The maximum Gasteiger partial charge on any atom is 0.335 e. The molecular weight excluding hydrogens is 264 g/mol. The minimum absolute atomic E-state index is 0.0646. The van der Waals surface area contributed by atoms with Crippen molar-refractivity contribution in [3.63, 3.8) is 0 Å². The number of amides is 1. The fraction of sp³-hybridized carbons (Fsp3) is 0.308. The number of carbonyl (C=O) groups is 2. The summed E-state index contributed by atoms with van der Waals surface area (Å²) in [6.07, 6.45) is 0. The zero-order valence-electron chi connectivity index (χ0n) is 10.9. The average molecular weight is 278 g/mol. The highest BCUT2D eigenvalue weighted by Crippen LogP contribution is 2.28. The first-order valence-electron chi connectivity index (χ1n) is 5.85. The first kappa shape index (κ1) is 15.3. The van der Waals surface area contributed by atoms with Gasteiger partial charge >= 0.3 is 5.97 Å². The molecule has 20 heavy (non-hydrogen) atoms. The van der Waals surface area contributed by atoms with Crippen molar-refractivity contribution < 1.29 is 24.2 Å². The number of ether oxygens (including phenoxy) is 2. The summed E-state index contributed by atoms with van der Waals surface area (Å²) in [6, 6.07) is 5.88. The molecule has 7 heteroatoms. The third kappa shape index (κ3) is 4.49. The van der Waals surface area contributed by atoms with Crippen molar-refractivity contribution in [1.82, 2.24) is 5.32 Å². The van der Waals surface area contributed by atoms with Gasteiger partial charge in [-0.2, -0.15) is 5.26 Å². The molecule has 1 aromatic rings. The van der Waals surface area contributed by atoms with E-state index in [1.807, 2.05) is 0 Å². The van der Waals surface area contributed by atoms with Crippen LogP contribution in [0.2, 0.25) is 0 Å². The Kier molecular flexibility index (Phi) is 5.84. The van der Waals surface area contributed by atoms with Crippen LogP contribution in [0.5, 0.6) is 11.5 Å². The first-order valence-corrected chi connectivity index (χ1v) is 5.85. The van der Waals surface area contributed by atoms with Gasteiger partial charge in [0.1, 0.15) is 6.54 Å². The van der Waals surface area contributed by atoms with E-state index in [0.717, 1.165) is 0 Å². The van der Waals surface area contributed by atoms with Crippen LogP contribution in [0.3, 0.4) is 0 Å². The topological polar surface area (TPSA) is 109 Å². The Labute approximate surface area is 115 Å². The zero-order chi connectivity index (χ0) is 15.0. The van der Waals surface area contributed by atoms with Crippen molar-refractivity contribution in [3.8, 4) is 17.6 Å². The lowest BCUT2D eigenvalue weighted by atomic mass is 10.2. The van der Waals surface area contributed by atoms with E-state index in [1.54, 1.807) is 13.0 Å². The molecule has 106 valence electrons. The molecule has 2 N–H and O–H groups in total. The monoisotopic (exact) mass is 278 g/mol. The molecule has 0 aliphatic rings. The number of nitrogens with zero attached hydrogens (tertiary/aromatic N) is 1. The van der Waals surface area contributed by atoms with E-state index in [0.29, 0.717) is 6.61 Å². The summed E-state index contributed by atoms with van der Waals surface area (Å²) in [7, 11) is 0.